The van der Waals surface area contributed by atoms with Gasteiger partial charge in [0.15, 0.2) is 0 Å². The van der Waals surface area contributed by atoms with Crippen LogP contribution in [0.25, 0.3) is 0 Å². The zero-order valence-electron chi connectivity index (χ0n) is 14.5. The molecule has 4 aliphatic rings. The lowest BCUT2D eigenvalue weighted by molar-refractivity contribution is -0.120. The van der Waals surface area contributed by atoms with Crippen LogP contribution < -0.4 is 0 Å². The zero-order chi connectivity index (χ0) is 15.8. The van der Waals surface area contributed by atoms with Crippen molar-refractivity contribution in [2.45, 2.75) is 77.9 Å². The largest absolute Gasteiger partial charge is 0.389 e. The summed E-state index contributed by atoms with van der Waals surface area (Å²) in [7, 11) is 0. The Morgan fingerprint density at radius 3 is 2.50 bits per heavy atom. The van der Waals surface area contributed by atoms with Gasteiger partial charge in [0, 0.05) is 0 Å². The van der Waals surface area contributed by atoms with Gasteiger partial charge in [-0.3, -0.25) is 0 Å². The van der Waals surface area contributed by atoms with Crippen LogP contribution in [0.15, 0.2) is 12.2 Å². The van der Waals surface area contributed by atoms with E-state index in [1.165, 1.54) is 38.5 Å². The SMILES string of the molecule is C=C1[C@@H](O)CC[C@H]2[C@]3(C)CC[C@](C)(C4CO4)C[C@H]3CC[C@]12C. The highest BCUT2D eigenvalue weighted by Crippen LogP contribution is 2.67. The second kappa shape index (κ2) is 4.60. The molecule has 0 aromatic heterocycles. The average molecular weight is 304 g/mol. The molecule has 7 atom stereocenters. The maximum Gasteiger partial charge on any atom is 0.0863 e. The third-order valence-corrected chi connectivity index (χ3v) is 8.43. The molecule has 1 unspecified atom stereocenters. The van der Waals surface area contributed by atoms with Crippen LogP contribution in [0, 0.1) is 28.1 Å². The Kier molecular flexibility index (Phi) is 3.18. The monoisotopic (exact) mass is 304 g/mol. The van der Waals surface area contributed by atoms with E-state index in [1.54, 1.807) is 0 Å². The molecule has 0 aromatic carbocycles. The minimum Gasteiger partial charge on any atom is -0.389 e. The highest BCUT2D eigenvalue weighted by atomic mass is 16.6. The Bertz CT molecular complexity index is 496. The summed E-state index contributed by atoms with van der Waals surface area (Å²) in [6, 6.07) is 0. The van der Waals surface area contributed by atoms with Crippen LogP contribution in [0.4, 0.5) is 0 Å². The van der Waals surface area contributed by atoms with Crippen LogP contribution in [0.2, 0.25) is 0 Å². The fourth-order valence-corrected chi connectivity index (χ4v) is 6.58. The van der Waals surface area contributed by atoms with Crippen molar-refractivity contribution >= 4 is 0 Å². The first-order chi connectivity index (χ1) is 10.3. The summed E-state index contributed by atoms with van der Waals surface area (Å²) in [6.45, 7) is 12.7. The molecule has 0 bridgehead atoms. The third-order valence-electron chi connectivity index (χ3n) is 8.43. The molecule has 1 saturated heterocycles. The van der Waals surface area contributed by atoms with Gasteiger partial charge in [-0.25, -0.2) is 0 Å². The average Bonchev–Trinajstić information content (AvgIpc) is 3.31. The first kappa shape index (κ1) is 15.2. The summed E-state index contributed by atoms with van der Waals surface area (Å²) in [5.41, 5.74) is 2.14. The lowest BCUT2D eigenvalue weighted by atomic mass is 9.42. The molecule has 3 aliphatic carbocycles. The van der Waals surface area contributed by atoms with Crippen molar-refractivity contribution in [1.82, 2.24) is 0 Å². The van der Waals surface area contributed by atoms with E-state index in [4.69, 9.17) is 4.74 Å². The minimum atomic E-state index is -0.268. The number of ether oxygens (including phenoxy) is 1. The zero-order valence-corrected chi connectivity index (χ0v) is 14.5. The van der Waals surface area contributed by atoms with Crippen molar-refractivity contribution in [3.63, 3.8) is 0 Å². The topological polar surface area (TPSA) is 32.8 Å². The molecule has 1 N–H and O–H groups in total. The van der Waals surface area contributed by atoms with Crippen LogP contribution in [0.3, 0.4) is 0 Å². The molecule has 1 aliphatic heterocycles. The molecular formula is C20H32O2. The van der Waals surface area contributed by atoms with Gasteiger partial charge in [-0.15, -0.1) is 0 Å². The second-order valence-corrected chi connectivity index (χ2v) is 9.51. The van der Waals surface area contributed by atoms with Crippen LogP contribution in [-0.4, -0.2) is 23.9 Å². The van der Waals surface area contributed by atoms with Gasteiger partial charge < -0.3 is 9.84 Å². The molecule has 2 heteroatoms. The Labute approximate surface area is 135 Å². The van der Waals surface area contributed by atoms with Crippen LogP contribution in [0.1, 0.15) is 65.7 Å². The molecular weight excluding hydrogens is 272 g/mol. The van der Waals surface area contributed by atoms with Crippen LogP contribution in [0.5, 0.6) is 0 Å². The normalized spacial score (nSPS) is 57.9. The summed E-state index contributed by atoms with van der Waals surface area (Å²) in [6.07, 6.45) is 8.88. The Morgan fingerprint density at radius 2 is 1.82 bits per heavy atom. The highest BCUT2D eigenvalue weighted by molar-refractivity contribution is 5.23. The number of hydrogen-bond donors (Lipinski definition) is 1. The lowest BCUT2D eigenvalue weighted by Gasteiger charge is -2.63. The first-order valence-electron chi connectivity index (χ1n) is 9.28. The van der Waals surface area contributed by atoms with Gasteiger partial charge in [0.1, 0.15) is 0 Å². The molecule has 124 valence electrons. The van der Waals surface area contributed by atoms with Crippen molar-refractivity contribution in [2.75, 3.05) is 6.61 Å². The van der Waals surface area contributed by atoms with Gasteiger partial charge in [-0.05, 0) is 78.6 Å². The molecule has 1 heterocycles. The second-order valence-electron chi connectivity index (χ2n) is 9.51. The van der Waals surface area contributed by atoms with E-state index in [2.05, 4.69) is 27.4 Å². The quantitative estimate of drug-likeness (QED) is 0.578. The maximum absolute atomic E-state index is 10.3. The van der Waals surface area contributed by atoms with Gasteiger partial charge in [0.05, 0.1) is 18.8 Å². The van der Waals surface area contributed by atoms with Crippen molar-refractivity contribution in [2.24, 2.45) is 28.1 Å². The minimum absolute atomic E-state index is 0.159. The van der Waals surface area contributed by atoms with Gasteiger partial charge >= 0.3 is 0 Å². The molecule has 0 radical (unpaired) electrons. The van der Waals surface area contributed by atoms with Gasteiger partial charge in [0.2, 0.25) is 0 Å². The first-order valence-corrected chi connectivity index (χ1v) is 9.28. The standard InChI is InChI=1S/C20H32O2/c1-13-15(21)5-6-16-19(13,3)8-7-14-11-18(2,17-12-22-17)9-10-20(14,16)4/h14-17,21H,1,5-12H2,2-4H3/t14-,15+,16-,17?,18+,19-,20-/m1/s1. The van der Waals surface area contributed by atoms with Crippen molar-refractivity contribution in [3.05, 3.63) is 12.2 Å². The Balaban J connectivity index is 1.63. The van der Waals surface area contributed by atoms with Gasteiger partial charge in [0.25, 0.3) is 0 Å². The summed E-state index contributed by atoms with van der Waals surface area (Å²) < 4.78 is 5.67. The molecule has 4 fully saturated rings. The number of hydrogen-bond acceptors (Lipinski definition) is 2. The molecule has 0 spiro atoms. The molecule has 22 heavy (non-hydrogen) atoms. The van der Waals surface area contributed by atoms with E-state index in [0.29, 0.717) is 22.9 Å². The third kappa shape index (κ3) is 1.92. The predicted octanol–water partition coefficient (Wildman–Crippen LogP) is 4.33. The smallest absolute Gasteiger partial charge is 0.0863 e. The van der Waals surface area contributed by atoms with Crippen molar-refractivity contribution in [1.29, 1.82) is 0 Å². The van der Waals surface area contributed by atoms with Crippen LogP contribution >= 0.6 is 0 Å². The van der Waals surface area contributed by atoms with Crippen molar-refractivity contribution < 1.29 is 9.84 Å². The number of rotatable bonds is 1. The highest BCUT2D eigenvalue weighted by Gasteiger charge is 2.60. The Morgan fingerprint density at radius 1 is 1.09 bits per heavy atom. The molecule has 4 rings (SSSR count). The predicted molar refractivity (Wildman–Crippen MR) is 88.5 cm³/mol. The van der Waals surface area contributed by atoms with Gasteiger partial charge in [-0.1, -0.05) is 27.4 Å². The van der Waals surface area contributed by atoms with E-state index in [0.717, 1.165) is 24.5 Å². The number of aliphatic hydroxyl groups is 1. The van der Waals surface area contributed by atoms with E-state index in [-0.39, 0.29) is 11.5 Å². The number of aliphatic hydroxyl groups excluding tert-OH is 1. The molecule has 0 aromatic rings. The molecule has 0 amide bonds. The summed E-state index contributed by atoms with van der Waals surface area (Å²) in [5.74, 6) is 1.54. The molecule has 2 nitrogen and oxygen atoms in total. The van der Waals surface area contributed by atoms with E-state index >= 15 is 0 Å². The van der Waals surface area contributed by atoms with E-state index in [1.807, 2.05) is 0 Å². The van der Waals surface area contributed by atoms with Gasteiger partial charge in [-0.2, -0.15) is 0 Å². The van der Waals surface area contributed by atoms with E-state index in [9.17, 15) is 5.11 Å². The fraction of sp³-hybridized carbons (Fsp3) is 0.900. The van der Waals surface area contributed by atoms with Crippen LogP contribution in [-0.2, 0) is 4.74 Å². The van der Waals surface area contributed by atoms with Crippen molar-refractivity contribution in [3.8, 4) is 0 Å². The summed E-state index contributed by atoms with van der Waals surface area (Å²) in [5, 5.41) is 10.3. The fourth-order valence-electron chi connectivity index (χ4n) is 6.58. The maximum atomic E-state index is 10.3. The summed E-state index contributed by atoms with van der Waals surface area (Å²) >= 11 is 0. The summed E-state index contributed by atoms with van der Waals surface area (Å²) in [4.78, 5) is 0. The lowest BCUT2D eigenvalue weighted by Crippen LogP contribution is -2.56. The Hall–Kier alpha value is -0.340. The molecule has 3 saturated carbocycles. The van der Waals surface area contributed by atoms with E-state index < -0.39 is 0 Å². The number of epoxide rings is 1. The number of fused-ring (bicyclic) bond motifs is 3.